The van der Waals surface area contributed by atoms with Crippen molar-refractivity contribution in [3.05, 3.63) is 0 Å². The van der Waals surface area contributed by atoms with Gasteiger partial charge in [-0.05, 0) is 6.54 Å². The van der Waals surface area contributed by atoms with Gasteiger partial charge in [0.1, 0.15) is 5.78 Å². The SMILES string of the molecule is CCN(CCO)CC(=O)N1CCC(=O)CC1. The number of nitrogens with zero attached hydrogens (tertiary/aromatic N) is 2. The molecule has 0 saturated carbocycles. The van der Waals surface area contributed by atoms with Crippen LogP contribution in [0.15, 0.2) is 0 Å². The average Bonchev–Trinajstić information content (AvgIpc) is 2.29. The lowest BCUT2D eigenvalue weighted by molar-refractivity contribution is -0.135. The van der Waals surface area contributed by atoms with E-state index in [9.17, 15) is 9.59 Å². The van der Waals surface area contributed by atoms with Crippen molar-refractivity contribution in [2.24, 2.45) is 0 Å². The fourth-order valence-corrected chi connectivity index (χ4v) is 1.79. The molecule has 0 radical (unpaired) electrons. The Balaban J connectivity index is 2.36. The second kappa shape index (κ2) is 6.60. The number of carbonyl (C=O) groups is 2. The van der Waals surface area contributed by atoms with Gasteiger partial charge in [-0.2, -0.15) is 0 Å². The first kappa shape index (κ1) is 13.1. The summed E-state index contributed by atoms with van der Waals surface area (Å²) in [5.74, 6) is 0.301. The van der Waals surface area contributed by atoms with Crippen molar-refractivity contribution in [3.8, 4) is 0 Å². The van der Waals surface area contributed by atoms with Gasteiger partial charge in [0.15, 0.2) is 0 Å². The second-order valence-corrected chi connectivity index (χ2v) is 4.01. The van der Waals surface area contributed by atoms with Crippen LogP contribution in [-0.4, -0.2) is 65.9 Å². The number of aliphatic hydroxyl groups excluding tert-OH is 1. The number of amides is 1. The van der Waals surface area contributed by atoms with Gasteiger partial charge < -0.3 is 10.0 Å². The highest BCUT2D eigenvalue weighted by Crippen LogP contribution is 2.06. The first-order valence-electron chi connectivity index (χ1n) is 5.80. The van der Waals surface area contributed by atoms with E-state index in [1.165, 1.54) is 0 Å². The zero-order valence-corrected chi connectivity index (χ0v) is 9.81. The van der Waals surface area contributed by atoms with Crippen molar-refractivity contribution in [2.75, 3.05) is 39.3 Å². The molecule has 0 bridgehead atoms. The van der Waals surface area contributed by atoms with Gasteiger partial charge in [-0.1, -0.05) is 6.92 Å². The van der Waals surface area contributed by atoms with E-state index in [1.54, 1.807) is 4.90 Å². The lowest BCUT2D eigenvalue weighted by atomic mass is 10.1. The Hall–Kier alpha value is -0.940. The molecule has 1 amide bonds. The Labute approximate surface area is 96.0 Å². The minimum Gasteiger partial charge on any atom is -0.395 e. The third kappa shape index (κ3) is 3.90. The molecule has 0 spiro atoms. The van der Waals surface area contributed by atoms with E-state index in [1.807, 2.05) is 11.8 Å². The van der Waals surface area contributed by atoms with Crippen LogP contribution in [0.2, 0.25) is 0 Å². The van der Waals surface area contributed by atoms with Gasteiger partial charge in [0, 0.05) is 32.5 Å². The lowest BCUT2D eigenvalue weighted by Gasteiger charge is -2.28. The molecule has 5 heteroatoms. The number of carbonyl (C=O) groups excluding carboxylic acids is 2. The number of hydrogen-bond acceptors (Lipinski definition) is 4. The summed E-state index contributed by atoms with van der Waals surface area (Å²) in [5, 5.41) is 8.81. The van der Waals surface area contributed by atoms with Crippen LogP contribution in [0.5, 0.6) is 0 Å². The lowest BCUT2D eigenvalue weighted by Crippen LogP contribution is -2.44. The number of piperidine rings is 1. The van der Waals surface area contributed by atoms with Crippen molar-refractivity contribution in [1.29, 1.82) is 0 Å². The molecular formula is C11H20N2O3. The molecule has 1 aliphatic heterocycles. The molecule has 1 rings (SSSR count). The number of likely N-dealkylation sites (N-methyl/N-ethyl adjacent to an activating group) is 1. The first-order chi connectivity index (χ1) is 7.67. The molecule has 1 N–H and O–H groups in total. The van der Waals surface area contributed by atoms with Crippen molar-refractivity contribution >= 4 is 11.7 Å². The number of ketones is 1. The maximum Gasteiger partial charge on any atom is 0.236 e. The highest BCUT2D eigenvalue weighted by Gasteiger charge is 2.21. The number of rotatable bonds is 5. The smallest absolute Gasteiger partial charge is 0.236 e. The predicted molar refractivity (Wildman–Crippen MR) is 60.0 cm³/mol. The summed E-state index contributed by atoms with van der Waals surface area (Å²) in [6.07, 6.45) is 0.968. The molecular weight excluding hydrogens is 208 g/mol. The van der Waals surface area contributed by atoms with E-state index in [2.05, 4.69) is 0 Å². The summed E-state index contributed by atoms with van der Waals surface area (Å²) in [6, 6.07) is 0. The number of hydrogen-bond donors (Lipinski definition) is 1. The quantitative estimate of drug-likeness (QED) is 0.688. The maximum atomic E-state index is 11.8. The van der Waals surface area contributed by atoms with Gasteiger partial charge in [0.05, 0.1) is 13.2 Å². The highest BCUT2D eigenvalue weighted by molar-refractivity contribution is 5.84. The summed E-state index contributed by atoms with van der Waals surface area (Å²) in [6.45, 7) is 4.74. The Bertz CT molecular complexity index is 246. The highest BCUT2D eigenvalue weighted by atomic mass is 16.3. The Kier molecular flexibility index (Phi) is 5.42. The fourth-order valence-electron chi connectivity index (χ4n) is 1.79. The average molecular weight is 228 g/mol. The summed E-state index contributed by atoms with van der Waals surface area (Å²) in [7, 11) is 0. The fraction of sp³-hybridized carbons (Fsp3) is 0.818. The van der Waals surface area contributed by atoms with Gasteiger partial charge in [-0.25, -0.2) is 0 Å². The molecule has 5 nitrogen and oxygen atoms in total. The van der Waals surface area contributed by atoms with E-state index in [0.29, 0.717) is 39.0 Å². The summed E-state index contributed by atoms with van der Waals surface area (Å²) >= 11 is 0. The van der Waals surface area contributed by atoms with Crippen LogP contribution in [0.25, 0.3) is 0 Å². The zero-order valence-electron chi connectivity index (χ0n) is 9.81. The monoisotopic (exact) mass is 228 g/mol. The van der Waals surface area contributed by atoms with E-state index in [0.717, 1.165) is 6.54 Å². The van der Waals surface area contributed by atoms with Gasteiger partial charge in [0.25, 0.3) is 0 Å². The van der Waals surface area contributed by atoms with Crippen LogP contribution in [0, 0.1) is 0 Å². The number of aliphatic hydroxyl groups is 1. The van der Waals surface area contributed by atoms with E-state index >= 15 is 0 Å². The topological polar surface area (TPSA) is 60.9 Å². The molecule has 16 heavy (non-hydrogen) atoms. The molecule has 0 aromatic carbocycles. The summed E-state index contributed by atoms with van der Waals surface area (Å²) in [5.41, 5.74) is 0. The van der Waals surface area contributed by atoms with Gasteiger partial charge in [-0.15, -0.1) is 0 Å². The molecule has 0 aromatic heterocycles. The molecule has 1 saturated heterocycles. The standard InChI is InChI=1S/C11H20N2O3/c1-2-12(7-8-14)9-11(16)13-5-3-10(15)4-6-13/h14H,2-9H2,1H3. The van der Waals surface area contributed by atoms with Crippen molar-refractivity contribution in [1.82, 2.24) is 9.80 Å². The third-order valence-corrected chi connectivity index (χ3v) is 2.90. The van der Waals surface area contributed by atoms with Crippen molar-refractivity contribution < 1.29 is 14.7 Å². The molecule has 0 unspecified atom stereocenters. The molecule has 1 heterocycles. The van der Waals surface area contributed by atoms with Crippen LogP contribution in [0.1, 0.15) is 19.8 Å². The van der Waals surface area contributed by atoms with Gasteiger partial charge >= 0.3 is 0 Å². The first-order valence-corrected chi connectivity index (χ1v) is 5.80. The van der Waals surface area contributed by atoms with Crippen LogP contribution in [0.3, 0.4) is 0 Å². The Morgan fingerprint density at radius 3 is 2.56 bits per heavy atom. The molecule has 0 aliphatic carbocycles. The minimum atomic E-state index is 0.0581. The predicted octanol–water partition coefficient (Wildman–Crippen LogP) is -0.508. The van der Waals surface area contributed by atoms with Crippen molar-refractivity contribution in [2.45, 2.75) is 19.8 Å². The van der Waals surface area contributed by atoms with E-state index in [-0.39, 0.29) is 18.3 Å². The zero-order chi connectivity index (χ0) is 12.0. The second-order valence-electron chi connectivity index (χ2n) is 4.01. The maximum absolute atomic E-state index is 11.8. The van der Waals surface area contributed by atoms with Gasteiger partial charge in [0.2, 0.25) is 5.91 Å². The Morgan fingerprint density at radius 1 is 1.44 bits per heavy atom. The molecule has 1 aliphatic rings. The van der Waals surface area contributed by atoms with E-state index < -0.39 is 0 Å². The Morgan fingerprint density at radius 2 is 2.06 bits per heavy atom. The molecule has 0 atom stereocenters. The summed E-state index contributed by atoms with van der Waals surface area (Å²) < 4.78 is 0. The molecule has 0 aromatic rings. The van der Waals surface area contributed by atoms with Crippen LogP contribution in [0.4, 0.5) is 0 Å². The van der Waals surface area contributed by atoms with Gasteiger partial charge in [-0.3, -0.25) is 14.5 Å². The third-order valence-electron chi connectivity index (χ3n) is 2.90. The number of Topliss-reactive ketones (excluding diaryl/α,β-unsaturated/α-hetero) is 1. The molecule has 92 valence electrons. The minimum absolute atomic E-state index is 0.0581. The normalized spacial score (nSPS) is 16.9. The van der Waals surface area contributed by atoms with E-state index in [4.69, 9.17) is 5.11 Å². The largest absolute Gasteiger partial charge is 0.395 e. The molecule has 1 fully saturated rings. The number of likely N-dealkylation sites (tertiary alicyclic amines) is 1. The summed E-state index contributed by atoms with van der Waals surface area (Å²) in [4.78, 5) is 26.5. The van der Waals surface area contributed by atoms with Crippen molar-refractivity contribution in [3.63, 3.8) is 0 Å². The van der Waals surface area contributed by atoms with Crippen LogP contribution < -0.4 is 0 Å². The van der Waals surface area contributed by atoms with Crippen LogP contribution >= 0.6 is 0 Å². The van der Waals surface area contributed by atoms with Crippen LogP contribution in [-0.2, 0) is 9.59 Å².